The fourth-order valence-electron chi connectivity index (χ4n) is 4.99. The Labute approximate surface area is 200 Å². The van der Waals surface area contributed by atoms with E-state index in [1.807, 2.05) is 13.1 Å². The minimum atomic E-state index is -4.49. The zero-order valence-electron chi connectivity index (χ0n) is 19.6. The third kappa shape index (κ3) is 4.91. The van der Waals surface area contributed by atoms with E-state index in [2.05, 4.69) is 10.00 Å². The molecule has 2 aliphatic heterocycles. The van der Waals surface area contributed by atoms with Crippen LogP contribution in [-0.2, 0) is 42.6 Å². The van der Waals surface area contributed by atoms with Crippen LogP contribution in [0.5, 0.6) is 0 Å². The Balaban J connectivity index is 1.48. The largest absolute Gasteiger partial charge is 0.425 e. The highest BCUT2D eigenvalue weighted by molar-refractivity contribution is 7.12. The number of likely N-dealkylation sites (tertiary alicyclic amines) is 1. The summed E-state index contributed by atoms with van der Waals surface area (Å²) >= 11 is 0.731. The van der Waals surface area contributed by atoms with Gasteiger partial charge in [-0.1, -0.05) is 0 Å². The molecule has 1 fully saturated rings. The van der Waals surface area contributed by atoms with Crippen LogP contribution in [0.25, 0.3) is 0 Å². The fraction of sp³-hybridized carbons (Fsp3) is 0.696. The van der Waals surface area contributed by atoms with Crippen molar-refractivity contribution in [2.24, 2.45) is 0 Å². The number of aliphatic hydroxyl groups excluding tert-OH is 2. The van der Waals surface area contributed by atoms with Crippen molar-refractivity contribution >= 4 is 11.3 Å². The molecule has 3 atom stereocenters. The van der Waals surface area contributed by atoms with Crippen molar-refractivity contribution < 1.29 is 33.2 Å². The maximum Gasteiger partial charge on any atom is 0.425 e. The summed E-state index contributed by atoms with van der Waals surface area (Å²) in [6, 6.07) is 0.0547. The van der Waals surface area contributed by atoms with Gasteiger partial charge in [0, 0.05) is 41.3 Å². The first-order valence-corrected chi connectivity index (χ1v) is 12.3. The summed E-state index contributed by atoms with van der Waals surface area (Å²) in [7, 11) is 0. The lowest BCUT2D eigenvalue weighted by atomic mass is 9.81. The van der Waals surface area contributed by atoms with Crippen LogP contribution in [0.15, 0.2) is 12.4 Å². The lowest BCUT2D eigenvalue weighted by molar-refractivity contribution is -0.135. The number of hydrogen-bond donors (Lipinski definition) is 3. The molecule has 1 saturated heterocycles. The first kappa shape index (κ1) is 25.6. The summed E-state index contributed by atoms with van der Waals surface area (Å²) < 4.78 is 48.6. The van der Waals surface area contributed by atoms with Crippen LogP contribution in [0, 0.1) is 0 Å². The van der Waals surface area contributed by atoms with Crippen LogP contribution < -0.4 is 0 Å². The van der Waals surface area contributed by atoms with E-state index in [0.29, 0.717) is 49.4 Å². The number of halogens is 3. The average Bonchev–Trinajstić information content (AvgIpc) is 3.34. The molecule has 0 aliphatic carbocycles. The van der Waals surface area contributed by atoms with E-state index in [-0.39, 0.29) is 18.2 Å². The summed E-state index contributed by atoms with van der Waals surface area (Å²) in [5.41, 5.74) is -0.425. The van der Waals surface area contributed by atoms with E-state index < -0.39 is 35.0 Å². The molecule has 0 bridgehead atoms. The summed E-state index contributed by atoms with van der Waals surface area (Å²) in [6.07, 6.45) is -0.370. The number of aromatic nitrogens is 2. The van der Waals surface area contributed by atoms with Gasteiger partial charge in [0.15, 0.2) is 0 Å². The van der Waals surface area contributed by atoms with Gasteiger partial charge < -0.3 is 20.1 Å². The molecule has 0 radical (unpaired) electrons. The van der Waals surface area contributed by atoms with Gasteiger partial charge in [-0.25, -0.2) is 0 Å². The Hall–Kier alpha value is -1.50. The van der Waals surface area contributed by atoms with Crippen molar-refractivity contribution in [2.75, 3.05) is 13.2 Å². The van der Waals surface area contributed by atoms with Crippen LogP contribution in [0.1, 0.15) is 60.1 Å². The molecule has 2 aromatic rings. The zero-order chi connectivity index (χ0) is 24.9. The van der Waals surface area contributed by atoms with Gasteiger partial charge in [0.05, 0.1) is 31.6 Å². The van der Waals surface area contributed by atoms with Crippen molar-refractivity contribution in [3.8, 4) is 0 Å². The lowest BCUT2D eigenvalue weighted by Crippen LogP contribution is -2.50. The van der Waals surface area contributed by atoms with E-state index in [9.17, 15) is 28.5 Å². The van der Waals surface area contributed by atoms with Crippen LogP contribution in [0.4, 0.5) is 13.2 Å². The molecule has 0 saturated carbocycles. The number of nitrogens with zero attached hydrogens (tertiary/aromatic N) is 3. The highest BCUT2D eigenvalue weighted by Crippen LogP contribution is 2.51. The molecule has 4 rings (SSSR count). The number of piperidine rings is 1. The average molecular weight is 504 g/mol. The van der Waals surface area contributed by atoms with E-state index in [1.54, 1.807) is 24.7 Å². The standard InChI is InChI=1S/C23H32F3N3O4S/c1-14-8-22(19-16(4-7-33-22)17(13-30)20(34-19)23(24,25)26)5-6-28(14)10-15-9-27-29(11-15)12-18(31)21(2,3)32/h9,11,14,18,30-32H,4-8,10,12-13H2,1-3H3/t14-,18-,22+/m0/s1. The highest BCUT2D eigenvalue weighted by atomic mass is 32.1. The third-order valence-electron chi connectivity index (χ3n) is 6.98. The number of thiophene rings is 1. The van der Waals surface area contributed by atoms with Crippen LogP contribution >= 0.6 is 11.3 Å². The number of alkyl halides is 3. The molecule has 3 N–H and O–H groups in total. The number of aliphatic hydroxyl groups is 3. The molecule has 11 heteroatoms. The quantitative estimate of drug-likeness (QED) is 0.562. The maximum atomic E-state index is 13.6. The minimum Gasteiger partial charge on any atom is -0.392 e. The van der Waals surface area contributed by atoms with Crippen LogP contribution in [-0.4, -0.2) is 60.9 Å². The Bertz CT molecular complexity index is 1020. The highest BCUT2D eigenvalue weighted by Gasteiger charge is 2.48. The van der Waals surface area contributed by atoms with Gasteiger partial charge in [-0.15, -0.1) is 11.3 Å². The van der Waals surface area contributed by atoms with Gasteiger partial charge in [0.2, 0.25) is 0 Å². The fourth-order valence-corrected chi connectivity index (χ4v) is 6.40. The number of hydrogen-bond acceptors (Lipinski definition) is 7. The number of ether oxygens (including phenoxy) is 1. The Morgan fingerprint density at radius 1 is 1.35 bits per heavy atom. The number of rotatable bonds is 6. The van der Waals surface area contributed by atoms with Gasteiger partial charge >= 0.3 is 6.18 Å². The predicted molar refractivity (Wildman–Crippen MR) is 120 cm³/mol. The molecular weight excluding hydrogens is 471 g/mol. The summed E-state index contributed by atoms with van der Waals surface area (Å²) in [5.74, 6) is 0. The smallest absolute Gasteiger partial charge is 0.392 e. The zero-order valence-corrected chi connectivity index (χ0v) is 20.4. The molecular formula is C23H32F3N3O4S. The van der Waals surface area contributed by atoms with Gasteiger partial charge in [0.1, 0.15) is 16.6 Å². The molecule has 7 nitrogen and oxygen atoms in total. The molecule has 34 heavy (non-hydrogen) atoms. The Kier molecular flexibility index (Phi) is 6.91. The Morgan fingerprint density at radius 3 is 2.71 bits per heavy atom. The summed E-state index contributed by atoms with van der Waals surface area (Å²) in [5, 5.41) is 34.0. The number of fused-ring (bicyclic) bond motifs is 2. The maximum absolute atomic E-state index is 13.6. The monoisotopic (exact) mass is 503 g/mol. The summed E-state index contributed by atoms with van der Waals surface area (Å²) in [6.45, 7) is 6.29. The summed E-state index contributed by atoms with van der Waals surface area (Å²) in [4.78, 5) is 2.16. The molecule has 2 aromatic heterocycles. The molecule has 0 aromatic carbocycles. The molecule has 190 valence electrons. The topological polar surface area (TPSA) is 91.0 Å². The van der Waals surface area contributed by atoms with E-state index in [4.69, 9.17) is 4.74 Å². The second-order valence-electron chi connectivity index (χ2n) is 9.98. The van der Waals surface area contributed by atoms with E-state index in [1.165, 1.54) is 0 Å². The van der Waals surface area contributed by atoms with Crippen LogP contribution in [0.3, 0.4) is 0 Å². The van der Waals surface area contributed by atoms with Gasteiger partial charge in [-0.2, -0.15) is 18.3 Å². The van der Waals surface area contributed by atoms with Crippen molar-refractivity contribution in [1.29, 1.82) is 0 Å². The second kappa shape index (κ2) is 9.18. The molecule has 0 amide bonds. The SMILES string of the molecule is C[C@H]1C[C@@]2(CCN1Cc1cnn(C[C@H](O)C(C)(C)O)c1)OCCc1c2sc(C(F)(F)F)c1CO. The van der Waals surface area contributed by atoms with Crippen molar-refractivity contribution in [3.05, 3.63) is 38.8 Å². The van der Waals surface area contributed by atoms with Crippen LogP contribution in [0.2, 0.25) is 0 Å². The normalized spacial score (nSPS) is 25.0. The van der Waals surface area contributed by atoms with E-state index >= 15 is 0 Å². The van der Waals surface area contributed by atoms with Gasteiger partial charge in [-0.05, 0) is 45.6 Å². The predicted octanol–water partition coefficient (Wildman–Crippen LogP) is 3.04. The van der Waals surface area contributed by atoms with E-state index in [0.717, 1.165) is 16.9 Å². The van der Waals surface area contributed by atoms with Crippen molar-refractivity contribution in [2.45, 2.75) is 89.3 Å². The third-order valence-corrected chi connectivity index (χ3v) is 8.48. The van der Waals surface area contributed by atoms with Crippen molar-refractivity contribution in [1.82, 2.24) is 14.7 Å². The molecule has 1 spiro atoms. The van der Waals surface area contributed by atoms with Crippen molar-refractivity contribution in [3.63, 3.8) is 0 Å². The lowest BCUT2D eigenvalue weighted by Gasteiger charge is -2.47. The second-order valence-corrected chi connectivity index (χ2v) is 11.0. The Morgan fingerprint density at radius 2 is 2.09 bits per heavy atom. The van der Waals surface area contributed by atoms with Gasteiger partial charge in [-0.3, -0.25) is 9.58 Å². The minimum absolute atomic E-state index is 0.00548. The molecule has 0 unspecified atom stereocenters. The van der Waals surface area contributed by atoms with Gasteiger partial charge in [0.25, 0.3) is 0 Å². The first-order valence-electron chi connectivity index (χ1n) is 11.5. The molecule has 4 heterocycles. The molecule has 2 aliphatic rings. The first-order chi connectivity index (χ1) is 15.8.